The minimum absolute atomic E-state index is 0.598. The summed E-state index contributed by atoms with van der Waals surface area (Å²) in [4.78, 5) is 0. The molecule has 0 radical (unpaired) electrons. The maximum Gasteiger partial charge on any atom is -0.0179 e. The van der Waals surface area contributed by atoms with Crippen LogP contribution < -0.4 is 0 Å². The lowest BCUT2D eigenvalue weighted by atomic mass is 9.45. The summed E-state index contributed by atoms with van der Waals surface area (Å²) in [5.41, 5.74) is 1.30. The Morgan fingerprint density at radius 2 is 1.52 bits per heavy atom. The maximum atomic E-state index is 4.16. The fourth-order valence-corrected chi connectivity index (χ4v) is 7.72. The zero-order valence-electron chi connectivity index (χ0n) is 16.2. The second-order valence-electron chi connectivity index (χ2n) is 9.37. The molecule has 4 saturated carbocycles. The molecule has 23 heavy (non-hydrogen) atoms. The van der Waals surface area contributed by atoms with Crippen molar-refractivity contribution in [2.45, 2.75) is 91.9 Å². The van der Waals surface area contributed by atoms with Gasteiger partial charge in [-0.25, -0.2) is 0 Å². The minimum Gasteiger partial charge on any atom is -0.103 e. The molecule has 0 saturated heterocycles. The molecule has 0 nitrogen and oxygen atoms in total. The molecular formula is C23H40. The Hall–Kier alpha value is -0.260. The fraction of sp³-hybridized carbons (Fsp3) is 0.913. The largest absolute Gasteiger partial charge is 0.103 e. The third-order valence-corrected chi connectivity index (χ3v) is 8.94. The number of hydrogen-bond acceptors (Lipinski definition) is 0. The van der Waals surface area contributed by atoms with Crippen LogP contribution >= 0.6 is 0 Å². The zero-order valence-corrected chi connectivity index (χ0v) is 16.2. The molecule has 0 aromatic carbocycles. The van der Waals surface area contributed by atoms with Crippen molar-refractivity contribution in [3.05, 3.63) is 12.7 Å². The minimum atomic E-state index is 0.598. The van der Waals surface area contributed by atoms with Gasteiger partial charge in [-0.2, -0.15) is 0 Å². The van der Waals surface area contributed by atoms with Crippen molar-refractivity contribution >= 4 is 0 Å². The first kappa shape index (κ1) is 17.6. The average molecular weight is 317 g/mol. The lowest BCUT2D eigenvalue weighted by molar-refractivity contribution is -0.107. The molecular weight excluding hydrogens is 276 g/mol. The van der Waals surface area contributed by atoms with Gasteiger partial charge >= 0.3 is 0 Å². The van der Waals surface area contributed by atoms with E-state index in [0.717, 1.165) is 29.6 Å². The summed E-state index contributed by atoms with van der Waals surface area (Å²) in [7, 11) is 0. The van der Waals surface area contributed by atoms with Crippen LogP contribution in [0.25, 0.3) is 0 Å². The van der Waals surface area contributed by atoms with Gasteiger partial charge in [0.2, 0.25) is 0 Å². The van der Waals surface area contributed by atoms with Gasteiger partial charge in [-0.1, -0.05) is 46.6 Å². The highest BCUT2D eigenvalue weighted by molar-refractivity contribution is 5.11. The predicted octanol–water partition coefficient (Wildman–Crippen LogP) is 7.25. The first-order chi connectivity index (χ1) is 11.1. The highest BCUT2D eigenvalue weighted by atomic mass is 14.6. The SMILES string of the molecule is C=CC1CCC2C3CCC4CCCCC4(C)C3CCC12C.CC. The fourth-order valence-electron chi connectivity index (χ4n) is 7.72. The molecule has 0 heterocycles. The molecule has 7 unspecified atom stereocenters. The highest BCUT2D eigenvalue weighted by Crippen LogP contribution is 2.67. The van der Waals surface area contributed by atoms with Crippen molar-refractivity contribution in [3.63, 3.8) is 0 Å². The van der Waals surface area contributed by atoms with Crippen molar-refractivity contribution in [1.29, 1.82) is 0 Å². The third kappa shape index (κ3) is 2.54. The van der Waals surface area contributed by atoms with Gasteiger partial charge in [-0.15, -0.1) is 6.58 Å². The standard InChI is InChI=1S/C21H34.C2H6/c1-4-15-9-11-18-17-10-8-16-7-5-6-13-20(16,2)19(17)12-14-21(15,18)3;1-2/h4,15-19H,1,5-14H2,2-3H3;1-2H3. The lowest BCUT2D eigenvalue weighted by Gasteiger charge is -2.60. The first-order valence-corrected chi connectivity index (χ1v) is 10.7. The summed E-state index contributed by atoms with van der Waals surface area (Å²) in [6.45, 7) is 13.5. The topological polar surface area (TPSA) is 0 Å². The number of rotatable bonds is 1. The molecule has 0 N–H and O–H groups in total. The van der Waals surface area contributed by atoms with Gasteiger partial charge in [0.15, 0.2) is 0 Å². The second kappa shape index (κ2) is 6.57. The molecule has 0 aromatic heterocycles. The van der Waals surface area contributed by atoms with E-state index in [9.17, 15) is 0 Å². The van der Waals surface area contributed by atoms with Gasteiger partial charge in [0.1, 0.15) is 0 Å². The molecule has 0 aromatic rings. The van der Waals surface area contributed by atoms with E-state index in [1.807, 2.05) is 13.8 Å². The number of hydrogen-bond donors (Lipinski definition) is 0. The molecule has 7 atom stereocenters. The van der Waals surface area contributed by atoms with Gasteiger partial charge in [0.25, 0.3) is 0 Å². The molecule has 4 aliphatic carbocycles. The van der Waals surface area contributed by atoms with Crippen LogP contribution in [0.3, 0.4) is 0 Å². The summed E-state index contributed by atoms with van der Waals surface area (Å²) < 4.78 is 0. The van der Waals surface area contributed by atoms with Crippen LogP contribution in [0.4, 0.5) is 0 Å². The summed E-state index contributed by atoms with van der Waals surface area (Å²) in [5, 5.41) is 0. The Labute approximate surface area is 145 Å². The average Bonchev–Trinajstić information content (AvgIpc) is 2.92. The predicted molar refractivity (Wildman–Crippen MR) is 101 cm³/mol. The van der Waals surface area contributed by atoms with E-state index in [-0.39, 0.29) is 0 Å². The van der Waals surface area contributed by atoms with E-state index in [1.165, 1.54) is 51.4 Å². The van der Waals surface area contributed by atoms with E-state index in [2.05, 4.69) is 26.5 Å². The van der Waals surface area contributed by atoms with E-state index >= 15 is 0 Å². The van der Waals surface area contributed by atoms with Crippen LogP contribution in [-0.4, -0.2) is 0 Å². The van der Waals surface area contributed by atoms with E-state index < -0.39 is 0 Å². The van der Waals surface area contributed by atoms with Crippen LogP contribution in [0.2, 0.25) is 0 Å². The maximum absolute atomic E-state index is 4.16. The quantitative estimate of drug-likeness (QED) is 0.447. The molecule has 4 fully saturated rings. The van der Waals surface area contributed by atoms with Crippen molar-refractivity contribution in [3.8, 4) is 0 Å². The van der Waals surface area contributed by atoms with E-state index in [4.69, 9.17) is 0 Å². The summed E-state index contributed by atoms with van der Waals surface area (Å²) in [6, 6.07) is 0. The zero-order chi connectivity index (χ0) is 16.7. The Morgan fingerprint density at radius 3 is 2.26 bits per heavy atom. The van der Waals surface area contributed by atoms with Crippen LogP contribution in [0, 0.1) is 40.4 Å². The van der Waals surface area contributed by atoms with Crippen molar-refractivity contribution in [1.82, 2.24) is 0 Å². The molecule has 0 bridgehead atoms. The molecule has 0 amide bonds. The van der Waals surface area contributed by atoms with Crippen LogP contribution in [0.1, 0.15) is 91.9 Å². The Balaban J connectivity index is 0.000000753. The van der Waals surface area contributed by atoms with E-state index in [0.29, 0.717) is 10.8 Å². The van der Waals surface area contributed by atoms with Gasteiger partial charge in [-0.3, -0.25) is 0 Å². The highest BCUT2D eigenvalue weighted by Gasteiger charge is 2.58. The van der Waals surface area contributed by atoms with Gasteiger partial charge < -0.3 is 0 Å². The van der Waals surface area contributed by atoms with Crippen LogP contribution in [0.15, 0.2) is 12.7 Å². The summed E-state index contributed by atoms with van der Waals surface area (Å²) in [6.07, 6.45) is 17.4. The van der Waals surface area contributed by atoms with Crippen molar-refractivity contribution < 1.29 is 0 Å². The molecule has 4 aliphatic rings. The van der Waals surface area contributed by atoms with Gasteiger partial charge in [-0.05, 0) is 91.8 Å². The number of fused-ring (bicyclic) bond motifs is 5. The van der Waals surface area contributed by atoms with Crippen LogP contribution in [-0.2, 0) is 0 Å². The van der Waals surface area contributed by atoms with Gasteiger partial charge in [0.05, 0.1) is 0 Å². The molecule has 0 spiro atoms. The summed E-state index contributed by atoms with van der Waals surface area (Å²) in [5.74, 6) is 4.99. The monoisotopic (exact) mass is 316 g/mol. The number of allylic oxidation sites excluding steroid dienone is 1. The third-order valence-electron chi connectivity index (χ3n) is 8.94. The smallest absolute Gasteiger partial charge is 0.0179 e. The van der Waals surface area contributed by atoms with E-state index in [1.54, 1.807) is 12.8 Å². The van der Waals surface area contributed by atoms with Crippen LogP contribution in [0.5, 0.6) is 0 Å². The molecule has 4 rings (SSSR count). The Kier molecular flexibility index (Phi) is 5.01. The molecule has 132 valence electrons. The molecule has 0 aliphatic heterocycles. The Morgan fingerprint density at radius 1 is 0.783 bits per heavy atom. The van der Waals surface area contributed by atoms with Crippen molar-refractivity contribution in [2.75, 3.05) is 0 Å². The first-order valence-electron chi connectivity index (χ1n) is 10.7. The Bertz CT molecular complexity index is 424. The summed E-state index contributed by atoms with van der Waals surface area (Å²) >= 11 is 0. The lowest BCUT2D eigenvalue weighted by Crippen LogP contribution is -2.52. The molecule has 0 heteroatoms. The normalized spacial score (nSPS) is 51.6. The second-order valence-corrected chi connectivity index (χ2v) is 9.37. The van der Waals surface area contributed by atoms with Gasteiger partial charge in [0, 0.05) is 0 Å². The van der Waals surface area contributed by atoms with Crippen molar-refractivity contribution in [2.24, 2.45) is 40.4 Å².